The first-order valence-corrected chi connectivity index (χ1v) is 11.8. The van der Waals surface area contributed by atoms with E-state index in [1.54, 1.807) is 0 Å². The third-order valence-corrected chi connectivity index (χ3v) is 6.65. The Kier molecular flexibility index (Phi) is 6.45. The quantitative estimate of drug-likeness (QED) is 0.383. The van der Waals surface area contributed by atoms with Gasteiger partial charge in [0.15, 0.2) is 0 Å². The van der Waals surface area contributed by atoms with Gasteiger partial charge >= 0.3 is 0 Å². The summed E-state index contributed by atoms with van der Waals surface area (Å²) >= 11 is 0. The normalized spacial score (nSPS) is 14.9. The highest BCUT2D eigenvalue weighted by atomic mass is 19.1. The van der Waals surface area contributed by atoms with Crippen molar-refractivity contribution in [2.24, 2.45) is 0 Å². The van der Waals surface area contributed by atoms with E-state index in [4.69, 9.17) is 4.74 Å². The van der Waals surface area contributed by atoms with E-state index in [9.17, 15) is 9.18 Å². The van der Waals surface area contributed by atoms with E-state index in [-0.39, 0.29) is 17.6 Å². The number of carbonyl (C=O) groups is 1. The zero-order valence-corrected chi connectivity index (χ0v) is 19.4. The molecule has 4 aromatic rings. The number of ether oxygens (including phenoxy) is 1. The molecule has 1 atom stereocenters. The van der Waals surface area contributed by atoms with E-state index in [2.05, 4.69) is 54.1 Å². The number of aromatic nitrogens is 1. The fraction of sp³-hybridized carbons (Fsp3) is 0.276. The molecule has 0 aliphatic carbocycles. The molecule has 5 rings (SSSR count). The number of benzene rings is 3. The zero-order chi connectivity index (χ0) is 23.5. The fourth-order valence-corrected chi connectivity index (χ4v) is 4.88. The molecule has 5 heteroatoms. The van der Waals surface area contributed by atoms with Crippen molar-refractivity contribution in [3.05, 3.63) is 107 Å². The van der Waals surface area contributed by atoms with Crippen molar-refractivity contribution in [3.8, 4) is 0 Å². The second-order valence-electron chi connectivity index (χ2n) is 9.02. The summed E-state index contributed by atoms with van der Waals surface area (Å²) in [5.41, 5.74) is 5.61. The minimum atomic E-state index is -0.233. The molecule has 1 fully saturated rings. The van der Waals surface area contributed by atoms with E-state index in [0.717, 1.165) is 27.6 Å². The molecule has 0 unspecified atom stereocenters. The Labute approximate surface area is 199 Å². The number of aryl methyl sites for hydroxylation is 1. The van der Waals surface area contributed by atoms with Gasteiger partial charge < -0.3 is 14.2 Å². The largest absolute Gasteiger partial charge is 0.378 e. The average Bonchev–Trinajstić information content (AvgIpc) is 3.22. The fourth-order valence-electron chi connectivity index (χ4n) is 4.88. The molecule has 1 aromatic heterocycles. The smallest absolute Gasteiger partial charge is 0.223 e. The number of hydrogen-bond donors (Lipinski definition) is 0. The van der Waals surface area contributed by atoms with E-state index < -0.39 is 0 Å². The van der Waals surface area contributed by atoms with Crippen LogP contribution in [-0.2, 0) is 16.1 Å². The van der Waals surface area contributed by atoms with Gasteiger partial charge in [-0.05, 0) is 41.8 Å². The number of fused-ring (bicyclic) bond motifs is 1. The van der Waals surface area contributed by atoms with Crippen LogP contribution in [0.2, 0.25) is 0 Å². The number of amides is 1. The highest BCUT2D eigenvalue weighted by molar-refractivity contribution is 5.87. The van der Waals surface area contributed by atoms with Gasteiger partial charge in [-0.3, -0.25) is 4.79 Å². The molecule has 174 valence electrons. The van der Waals surface area contributed by atoms with Gasteiger partial charge in [-0.25, -0.2) is 4.39 Å². The lowest BCUT2D eigenvalue weighted by Crippen LogP contribution is -2.41. The molecule has 1 aliphatic rings. The molecule has 0 N–H and O–H groups in total. The lowest BCUT2D eigenvalue weighted by Gasteiger charge is -2.29. The summed E-state index contributed by atoms with van der Waals surface area (Å²) in [6.07, 6.45) is 2.58. The van der Waals surface area contributed by atoms with Crippen molar-refractivity contribution in [2.45, 2.75) is 25.8 Å². The second-order valence-corrected chi connectivity index (χ2v) is 9.02. The van der Waals surface area contributed by atoms with E-state index in [1.807, 2.05) is 29.2 Å². The Morgan fingerprint density at radius 1 is 1.00 bits per heavy atom. The summed E-state index contributed by atoms with van der Waals surface area (Å²) in [6.45, 7) is 5.20. The Bertz CT molecular complexity index is 1290. The van der Waals surface area contributed by atoms with E-state index in [0.29, 0.717) is 39.3 Å². The molecule has 0 radical (unpaired) electrons. The van der Waals surface area contributed by atoms with Crippen molar-refractivity contribution >= 4 is 16.8 Å². The van der Waals surface area contributed by atoms with Crippen LogP contribution in [0, 0.1) is 12.7 Å². The number of hydrogen-bond acceptors (Lipinski definition) is 2. The molecule has 0 spiro atoms. The van der Waals surface area contributed by atoms with Gasteiger partial charge in [-0.1, -0.05) is 60.2 Å². The number of para-hydroxylation sites is 1. The Morgan fingerprint density at radius 2 is 1.76 bits per heavy atom. The van der Waals surface area contributed by atoms with Gasteiger partial charge in [0.05, 0.1) is 13.2 Å². The van der Waals surface area contributed by atoms with E-state index >= 15 is 0 Å². The van der Waals surface area contributed by atoms with Crippen LogP contribution in [0.5, 0.6) is 0 Å². The molecule has 0 bridgehead atoms. The van der Waals surface area contributed by atoms with Crippen LogP contribution in [0.1, 0.15) is 34.6 Å². The van der Waals surface area contributed by atoms with Gasteiger partial charge in [-0.15, -0.1) is 0 Å². The molecule has 0 saturated carbocycles. The minimum absolute atomic E-state index is 0.0605. The summed E-state index contributed by atoms with van der Waals surface area (Å²) in [5, 5.41) is 1.14. The lowest BCUT2D eigenvalue weighted by atomic mass is 9.87. The number of carbonyl (C=O) groups excluding carboxylic acids is 1. The molecule has 34 heavy (non-hydrogen) atoms. The third-order valence-electron chi connectivity index (χ3n) is 6.65. The maximum Gasteiger partial charge on any atom is 0.223 e. The van der Waals surface area contributed by atoms with Crippen LogP contribution in [0.25, 0.3) is 10.9 Å². The van der Waals surface area contributed by atoms with Crippen molar-refractivity contribution in [1.82, 2.24) is 9.47 Å². The first kappa shape index (κ1) is 22.4. The van der Waals surface area contributed by atoms with Crippen LogP contribution in [0.3, 0.4) is 0 Å². The zero-order valence-electron chi connectivity index (χ0n) is 19.4. The average molecular weight is 457 g/mol. The first-order chi connectivity index (χ1) is 16.6. The summed E-state index contributed by atoms with van der Waals surface area (Å²) in [7, 11) is 0. The van der Waals surface area contributed by atoms with Crippen LogP contribution >= 0.6 is 0 Å². The summed E-state index contributed by atoms with van der Waals surface area (Å²) < 4.78 is 21.1. The predicted molar refractivity (Wildman–Crippen MR) is 132 cm³/mol. The van der Waals surface area contributed by atoms with Crippen molar-refractivity contribution in [1.29, 1.82) is 0 Å². The second kappa shape index (κ2) is 9.82. The summed E-state index contributed by atoms with van der Waals surface area (Å²) in [6, 6.07) is 23.4. The molecular formula is C29H29FN2O2. The van der Waals surface area contributed by atoms with Gasteiger partial charge in [-0.2, -0.15) is 0 Å². The molecule has 2 heterocycles. The maximum atomic E-state index is 13.4. The predicted octanol–water partition coefficient (Wildman–Crippen LogP) is 5.52. The maximum absolute atomic E-state index is 13.4. The molecule has 1 aliphatic heterocycles. The number of nitrogens with zero attached hydrogens (tertiary/aromatic N) is 2. The van der Waals surface area contributed by atoms with Crippen LogP contribution in [0.4, 0.5) is 4.39 Å². The van der Waals surface area contributed by atoms with Gasteiger partial charge in [0.25, 0.3) is 0 Å². The standard InChI is InChI=1S/C29H29FN2O2/c1-21-5-4-6-23(17-21)26(18-29(33)31-13-15-34-16-14-31)27-20-32(28-8-3-2-7-25(27)28)19-22-9-11-24(30)12-10-22/h2-12,17,20,26H,13-16,18-19H2,1H3/t26-/m1/s1. The minimum Gasteiger partial charge on any atom is -0.378 e. The molecule has 1 saturated heterocycles. The van der Waals surface area contributed by atoms with Crippen LogP contribution in [-0.4, -0.2) is 41.7 Å². The molecule has 1 amide bonds. The molecular weight excluding hydrogens is 427 g/mol. The van der Waals surface area contributed by atoms with E-state index in [1.165, 1.54) is 17.7 Å². The van der Waals surface area contributed by atoms with Gasteiger partial charge in [0.2, 0.25) is 5.91 Å². The number of morpholine rings is 1. The van der Waals surface area contributed by atoms with Crippen LogP contribution in [0.15, 0.2) is 79.0 Å². The summed E-state index contributed by atoms with van der Waals surface area (Å²) in [5.74, 6) is -0.136. The Hall–Kier alpha value is -3.44. The Morgan fingerprint density at radius 3 is 2.53 bits per heavy atom. The molecule has 4 nitrogen and oxygen atoms in total. The highest BCUT2D eigenvalue weighted by Gasteiger charge is 2.26. The molecule has 3 aromatic carbocycles. The SMILES string of the molecule is Cc1cccc([C@@H](CC(=O)N2CCOCC2)c2cn(Cc3ccc(F)cc3)c3ccccc23)c1. The van der Waals surface area contributed by atoms with Gasteiger partial charge in [0, 0.05) is 49.1 Å². The van der Waals surface area contributed by atoms with Crippen molar-refractivity contribution < 1.29 is 13.9 Å². The first-order valence-electron chi connectivity index (χ1n) is 11.8. The topological polar surface area (TPSA) is 34.5 Å². The number of halogens is 1. The van der Waals surface area contributed by atoms with Crippen molar-refractivity contribution in [3.63, 3.8) is 0 Å². The number of rotatable bonds is 6. The van der Waals surface area contributed by atoms with Gasteiger partial charge in [0.1, 0.15) is 5.82 Å². The highest BCUT2D eigenvalue weighted by Crippen LogP contribution is 2.36. The van der Waals surface area contributed by atoms with Crippen molar-refractivity contribution in [2.75, 3.05) is 26.3 Å². The lowest BCUT2D eigenvalue weighted by molar-refractivity contribution is -0.135. The van der Waals surface area contributed by atoms with Crippen LogP contribution < -0.4 is 0 Å². The Balaban J connectivity index is 1.56. The third kappa shape index (κ3) is 4.75. The monoisotopic (exact) mass is 456 g/mol. The summed E-state index contributed by atoms with van der Waals surface area (Å²) in [4.78, 5) is 15.3.